The summed E-state index contributed by atoms with van der Waals surface area (Å²) >= 11 is 0. The maximum Gasteiger partial charge on any atom is 0.255 e. The fraction of sp³-hybridized carbons (Fsp3) is 0.188. The van der Waals surface area contributed by atoms with Gasteiger partial charge in [-0.1, -0.05) is 24.3 Å². The molecule has 0 aliphatic rings. The molecule has 0 heterocycles. The minimum Gasteiger partial charge on any atom is -0.496 e. The predicted octanol–water partition coefficient (Wildman–Crippen LogP) is 2.22. The number of amides is 1. The molecule has 1 amide bonds. The number of nitrogens with one attached hydrogen (secondary N) is 1. The molecule has 2 aromatic rings. The number of methoxy groups -OCH3 is 2. The number of benzene rings is 2. The van der Waals surface area contributed by atoms with Crippen LogP contribution in [0.5, 0.6) is 11.5 Å². The van der Waals surface area contributed by atoms with Crippen LogP contribution in [0, 0.1) is 0 Å². The van der Waals surface area contributed by atoms with Gasteiger partial charge in [-0.15, -0.1) is 0 Å². The molecule has 0 bridgehead atoms. The Morgan fingerprint density at radius 1 is 1.10 bits per heavy atom. The second-order valence-electron chi connectivity index (χ2n) is 4.42. The van der Waals surface area contributed by atoms with Crippen molar-refractivity contribution in [1.29, 1.82) is 0 Å². The van der Waals surface area contributed by atoms with Gasteiger partial charge in [-0.05, 0) is 18.2 Å². The van der Waals surface area contributed by atoms with E-state index < -0.39 is 0 Å². The molecule has 2 rings (SSSR count). The third kappa shape index (κ3) is 3.25. The Kier molecular flexibility index (Phi) is 4.66. The van der Waals surface area contributed by atoms with Crippen LogP contribution in [0.25, 0.3) is 0 Å². The Balaban J connectivity index is 2.14. The summed E-state index contributed by atoms with van der Waals surface area (Å²) in [5.74, 6) is 0.873. The molecule has 0 atom stereocenters. The standard InChI is InChI=1S/C16H18N2O3/c1-20-14-9-4-3-6-11(14)10-18-16(19)12-7-5-8-13(17)15(12)21-2/h3-9H,10,17H2,1-2H3,(H,18,19). The van der Waals surface area contributed by atoms with Crippen molar-refractivity contribution in [2.24, 2.45) is 0 Å². The van der Waals surface area contributed by atoms with Gasteiger partial charge < -0.3 is 20.5 Å². The van der Waals surface area contributed by atoms with E-state index >= 15 is 0 Å². The van der Waals surface area contributed by atoms with E-state index in [-0.39, 0.29) is 5.91 Å². The normalized spacial score (nSPS) is 10.0. The lowest BCUT2D eigenvalue weighted by Crippen LogP contribution is -2.23. The van der Waals surface area contributed by atoms with Crippen LogP contribution < -0.4 is 20.5 Å². The third-order valence-electron chi connectivity index (χ3n) is 3.13. The highest BCUT2D eigenvalue weighted by atomic mass is 16.5. The number of rotatable bonds is 5. The van der Waals surface area contributed by atoms with Crippen LogP contribution in [0.4, 0.5) is 5.69 Å². The molecule has 0 aromatic heterocycles. The lowest BCUT2D eigenvalue weighted by molar-refractivity contribution is 0.0947. The van der Waals surface area contributed by atoms with Crippen LogP contribution in [0.15, 0.2) is 42.5 Å². The number of hydrogen-bond acceptors (Lipinski definition) is 4. The van der Waals surface area contributed by atoms with Crippen LogP contribution in [0.2, 0.25) is 0 Å². The molecule has 2 aromatic carbocycles. The van der Waals surface area contributed by atoms with Crippen molar-refractivity contribution in [2.75, 3.05) is 20.0 Å². The Hall–Kier alpha value is -2.69. The van der Waals surface area contributed by atoms with Crippen molar-refractivity contribution in [3.63, 3.8) is 0 Å². The molecule has 0 aliphatic carbocycles. The van der Waals surface area contributed by atoms with Gasteiger partial charge in [0.1, 0.15) is 5.75 Å². The van der Waals surface area contributed by atoms with E-state index in [4.69, 9.17) is 15.2 Å². The lowest BCUT2D eigenvalue weighted by atomic mass is 10.1. The summed E-state index contributed by atoms with van der Waals surface area (Å²) in [5.41, 5.74) is 7.54. The molecule has 21 heavy (non-hydrogen) atoms. The number of para-hydroxylation sites is 2. The molecular formula is C16H18N2O3. The van der Waals surface area contributed by atoms with Gasteiger partial charge in [0.15, 0.2) is 5.75 Å². The van der Waals surface area contributed by atoms with Crippen LogP contribution in [0.3, 0.4) is 0 Å². The summed E-state index contributed by atoms with van der Waals surface area (Å²) < 4.78 is 10.4. The summed E-state index contributed by atoms with van der Waals surface area (Å²) in [5, 5.41) is 2.84. The first-order valence-electron chi connectivity index (χ1n) is 6.50. The molecule has 0 spiro atoms. The first-order valence-corrected chi connectivity index (χ1v) is 6.50. The monoisotopic (exact) mass is 286 g/mol. The molecular weight excluding hydrogens is 268 g/mol. The number of nitrogen functional groups attached to an aromatic ring is 1. The number of carbonyl (C=O) groups is 1. The third-order valence-corrected chi connectivity index (χ3v) is 3.13. The molecule has 3 N–H and O–H groups in total. The minimum absolute atomic E-state index is 0.245. The van der Waals surface area contributed by atoms with E-state index in [1.54, 1.807) is 25.3 Å². The zero-order valence-corrected chi connectivity index (χ0v) is 12.1. The highest BCUT2D eigenvalue weighted by molar-refractivity contribution is 5.98. The molecule has 0 saturated heterocycles. The zero-order chi connectivity index (χ0) is 15.2. The fourth-order valence-electron chi connectivity index (χ4n) is 2.08. The number of nitrogens with two attached hydrogens (primary N) is 1. The second kappa shape index (κ2) is 6.65. The van der Waals surface area contributed by atoms with Crippen LogP contribution in [-0.4, -0.2) is 20.1 Å². The van der Waals surface area contributed by atoms with Crippen molar-refractivity contribution in [3.05, 3.63) is 53.6 Å². The predicted molar refractivity (Wildman–Crippen MR) is 81.6 cm³/mol. The van der Waals surface area contributed by atoms with Crippen molar-refractivity contribution in [2.45, 2.75) is 6.54 Å². The summed E-state index contributed by atoms with van der Waals surface area (Å²) in [7, 11) is 3.09. The van der Waals surface area contributed by atoms with Crippen LogP contribution in [0.1, 0.15) is 15.9 Å². The fourth-order valence-corrected chi connectivity index (χ4v) is 2.08. The Bertz CT molecular complexity index is 641. The van der Waals surface area contributed by atoms with E-state index in [1.165, 1.54) is 7.11 Å². The summed E-state index contributed by atoms with van der Waals surface area (Å²) in [6.45, 7) is 0.362. The Labute approximate surface area is 123 Å². The molecule has 0 unspecified atom stereocenters. The maximum absolute atomic E-state index is 12.3. The molecule has 0 aliphatic heterocycles. The average Bonchev–Trinajstić information content (AvgIpc) is 2.52. The highest BCUT2D eigenvalue weighted by Gasteiger charge is 2.14. The van der Waals surface area contributed by atoms with Crippen molar-refractivity contribution < 1.29 is 14.3 Å². The summed E-state index contributed by atoms with van der Waals surface area (Å²) in [6.07, 6.45) is 0. The van der Waals surface area contributed by atoms with Gasteiger partial charge in [-0.25, -0.2) is 0 Å². The summed E-state index contributed by atoms with van der Waals surface area (Å²) in [6, 6.07) is 12.6. The molecule has 5 nitrogen and oxygen atoms in total. The van der Waals surface area contributed by atoms with Crippen LogP contribution in [-0.2, 0) is 6.54 Å². The van der Waals surface area contributed by atoms with Gasteiger partial charge in [-0.3, -0.25) is 4.79 Å². The SMILES string of the molecule is COc1ccccc1CNC(=O)c1cccc(N)c1OC. The van der Waals surface area contributed by atoms with E-state index in [1.807, 2.05) is 24.3 Å². The minimum atomic E-state index is -0.245. The smallest absolute Gasteiger partial charge is 0.255 e. The van der Waals surface area contributed by atoms with Gasteiger partial charge in [-0.2, -0.15) is 0 Å². The largest absolute Gasteiger partial charge is 0.496 e. The quantitative estimate of drug-likeness (QED) is 0.827. The van der Waals surface area contributed by atoms with Crippen LogP contribution >= 0.6 is 0 Å². The number of ether oxygens (including phenoxy) is 2. The summed E-state index contributed by atoms with van der Waals surface area (Å²) in [4.78, 5) is 12.3. The maximum atomic E-state index is 12.3. The number of carbonyl (C=O) groups excluding carboxylic acids is 1. The van der Waals surface area contributed by atoms with E-state index in [0.717, 1.165) is 11.3 Å². The number of hydrogen-bond donors (Lipinski definition) is 2. The van der Waals surface area contributed by atoms with Gasteiger partial charge in [0.2, 0.25) is 0 Å². The second-order valence-corrected chi connectivity index (χ2v) is 4.42. The Morgan fingerprint density at radius 2 is 1.86 bits per heavy atom. The van der Waals surface area contributed by atoms with Gasteiger partial charge in [0.25, 0.3) is 5.91 Å². The topological polar surface area (TPSA) is 73.6 Å². The first kappa shape index (κ1) is 14.7. The van der Waals surface area contributed by atoms with E-state index in [2.05, 4.69) is 5.32 Å². The molecule has 0 saturated carbocycles. The zero-order valence-electron chi connectivity index (χ0n) is 12.1. The number of anilines is 1. The van der Waals surface area contributed by atoms with E-state index in [9.17, 15) is 4.79 Å². The molecule has 110 valence electrons. The van der Waals surface area contributed by atoms with Crippen molar-refractivity contribution >= 4 is 11.6 Å². The average molecular weight is 286 g/mol. The lowest BCUT2D eigenvalue weighted by Gasteiger charge is -2.12. The molecule has 0 fully saturated rings. The van der Waals surface area contributed by atoms with Gasteiger partial charge >= 0.3 is 0 Å². The molecule has 5 heteroatoms. The molecule has 0 radical (unpaired) electrons. The van der Waals surface area contributed by atoms with Crippen molar-refractivity contribution in [1.82, 2.24) is 5.32 Å². The first-order chi connectivity index (χ1) is 10.2. The Morgan fingerprint density at radius 3 is 2.57 bits per heavy atom. The van der Waals surface area contributed by atoms with Gasteiger partial charge in [0.05, 0.1) is 25.5 Å². The highest BCUT2D eigenvalue weighted by Crippen LogP contribution is 2.26. The van der Waals surface area contributed by atoms with E-state index in [0.29, 0.717) is 23.5 Å². The van der Waals surface area contributed by atoms with Gasteiger partial charge in [0, 0.05) is 12.1 Å². The van der Waals surface area contributed by atoms with Crippen molar-refractivity contribution in [3.8, 4) is 11.5 Å².